The van der Waals surface area contributed by atoms with Gasteiger partial charge in [0.1, 0.15) is 4.83 Å². The molecule has 0 bridgehead atoms. The fourth-order valence-electron chi connectivity index (χ4n) is 4.23. The average Bonchev–Trinajstić information content (AvgIpc) is 2.54. The van der Waals surface area contributed by atoms with E-state index in [2.05, 4.69) is 74.9 Å². The van der Waals surface area contributed by atoms with Gasteiger partial charge in [0.25, 0.3) is 0 Å². The van der Waals surface area contributed by atoms with Crippen LogP contribution in [0, 0.1) is 0 Å². The maximum Gasteiger partial charge on any atom is 0.236 e. The molecule has 24 heavy (non-hydrogen) atoms. The molecule has 1 aliphatic heterocycles. The first-order valence-corrected chi connectivity index (χ1v) is 11.9. The Labute approximate surface area is 155 Å². The zero-order chi connectivity index (χ0) is 18.1. The van der Waals surface area contributed by atoms with Crippen molar-refractivity contribution >= 4 is 30.2 Å². The maximum atomic E-state index is 11.7. The number of carbonyl (C=O) groups excluding carboxylic acids is 1. The van der Waals surface area contributed by atoms with Crippen molar-refractivity contribution in [1.82, 2.24) is 5.32 Å². The van der Waals surface area contributed by atoms with E-state index in [0.29, 0.717) is 16.6 Å². The van der Waals surface area contributed by atoms with Gasteiger partial charge in [0, 0.05) is 0 Å². The zero-order valence-corrected chi connectivity index (χ0v) is 18.1. The molecular formula is C19H30BrNO2Si. The molecule has 0 aliphatic carbocycles. The molecule has 5 heteroatoms. The Morgan fingerprint density at radius 2 is 1.50 bits per heavy atom. The van der Waals surface area contributed by atoms with Crippen LogP contribution in [0.5, 0.6) is 0 Å². The van der Waals surface area contributed by atoms with Crippen molar-refractivity contribution in [3.8, 4) is 0 Å². The van der Waals surface area contributed by atoms with Gasteiger partial charge in [-0.15, -0.1) is 0 Å². The number of rotatable bonds is 7. The summed E-state index contributed by atoms with van der Waals surface area (Å²) < 4.78 is 7.03. The molecule has 3 atom stereocenters. The first-order valence-electron chi connectivity index (χ1n) is 8.89. The van der Waals surface area contributed by atoms with Crippen molar-refractivity contribution in [3.63, 3.8) is 0 Å². The van der Waals surface area contributed by atoms with Crippen LogP contribution >= 0.6 is 15.9 Å². The minimum absolute atomic E-state index is 0.0111. The number of halogens is 1. The summed E-state index contributed by atoms with van der Waals surface area (Å²) in [4.78, 5) is 11.6. The van der Waals surface area contributed by atoms with Crippen LogP contribution in [0.1, 0.15) is 53.2 Å². The standard InChI is InChI=1S/C19H30BrNO2Si/c1-12(2)24(13(3)4,14(5)6)23-18(15-10-8-7-9-11-15)17-16(20)19(22)21-17/h7-14,16-18H,1-6H3,(H,21,22)/t16-,17+,18+/m1/s1. The van der Waals surface area contributed by atoms with Crippen molar-refractivity contribution < 1.29 is 9.22 Å². The lowest BCUT2D eigenvalue weighted by Gasteiger charge is -2.48. The SMILES string of the molecule is CC(C)[Si](O[C@@H](c1ccccc1)[C@H]1NC(=O)[C@@H]1Br)(C(C)C)C(C)C. The number of carbonyl (C=O) groups is 1. The molecule has 0 aromatic heterocycles. The van der Waals surface area contributed by atoms with Crippen LogP contribution in [0.15, 0.2) is 30.3 Å². The Bertz CT molecular complexity index is 540. The van der Waals surface area contributed by atoms with Gasteiger partial charge < -0.3 is 9.74 Å². The van der Waals surface area contributed by atoms with E-state index in [0.717, 1.165) is 5.56 Å². The van der Waals surface area contributed by atoms with Gasteiger partial charge in [-0.05, 0) is 22.2 Å². The normalized spacial score (nSPS) is 22.7. The predicted molar refractivity (Wildman–Crippen MR) is 106 cm³/mol. The van der Waals surface area contributed by atoms with Gasteiger partial charge in [-0.25, -0.2) is 0 Å². The smallest absolute Gasteiger partial charge is 0.236 e. The van der Waals surface area contributed by atoms with Crippen LogP contribution in [0.4, 0.5) is 0 Å². The molecule has 1 aliphatic rings. The molecule has 1 aromatic rings. The fraction of sp³-hybridized carbons (Fsp3) is 0.632. The van der Waals surface area contributed by atoms with Crippen LogP contribution in [-0.4, -0.2) is 25.1 Å². The third-order valence-electron chi connectivity index (χ3n) is 5.37. The lowest BCUT2D eigenvalue weighted by atomic mass is 9.94. The predicted octanol–water partition coefficient (Wildman–Crippen LogP) is 5.18. The third kappa shape index (κ3) is 3.49. The van der Waals surface area contributed by atoms with Crippen molar-refractivity contribution in [2.24, 2.45) is 0 Å². The Morgan fingerprint density at radius 3 is 1.88 bits per heavy atom. The van der Waals surface area contributed by atoms with Crippen molar-refractivity contribution in [2.45, 2.75) is 75.1 Å². The van der Waals surface area contributed by atoms with Crippen molar-refractivity contribution in [3.05, 3.63) is 35.9 Å². The van der Waals surface area contributed by atoms with E-state index in [4.69, 9.17) is 4.43 Å². The van der Waals surface area contributed by atoms with E-state index in [1.165, 1.54) is 0 Å². The van der Waals surface area contributed by atoms with Gasteiger partial charge in [-0.1, -0.05) is 87.8 Å². The van der Waals surface area contributed by atoms with Gasteiger partial charge in [0.15, 0.2) is 0 Å². The first-order chi connectivity index (χ1) is 11.2. The molecule has 1 aromatic carbocycles. The molecule has 3 nitrogen and oxygen atoms in total. The Morgan fingerprint density at radius 1 is 1.00 bits per heavy atom. The van der Waals surface area contributed by atoms with Crippen LogP contribution in [0.2, 0.25) is 16.6 Å². The topological polar surface area (TPSA) is 38.3 Å². The van der Waals surface area contributed by atoms with E-state index in [9.17, 15) is 4.79 Å². The van der Waals surface area contributed by atoms with E-state index >= 15 is 0 Å². The fourth-order valence-corrected chi connectivity index (χ4v) is 10.3. The molecule has 1 N–H and O–H groups in total. The van der Waals surface area contributed by atoms with Gasteiger partial charge in [0.05, 0.1) is 12.1 Å². The second-order valence-corrected chi connectivity index (χ2v) is 14.1. The van der Waals surface area contributed by atoms with Crippen molar-refractivity contribution in [2.75, 3.05) is 0 Å². The lowest BCUT2D eigenvalue weighted by molar-refractivity contribution is -0.129. The van der Waals surface area contributed by atoms with Gasteiger partial charge in [0.2, 0.25) is 14.2 Å². The molecule has 1 amide bonds. The Balaban J connectivity index is 2.41. The van der Waals surface area contributed by atoms with Crippen LogP contribution < -0.4 is 5.32 Å². The highest BCUT2D eigenvalue weighted by molar-refractivity contribution is 9.10. The third-order valence-corrected chi connectivity index (χ3v) is 12.4. The van der Waals surface area contributed by atoms with E-state index < -0.39 is 8.32 Å². The molecule has 0 spiro atoms. The summed E-state index contributed by atoms with van der Waals surface area (Å²) >= 11 is 3.53. The summed E-state index contributed by atoms with van der Waals surface area (Å²) in [5, 5.41) is 3.04. The first kappa shape index (κ1) is 19.7. The monoisotopic (exact) mass is 411 g/mol. The molecule has 2 rings (SSSR count). The summed E-state index contributed by atoms with van der Waals surface area (Å²) in [6.45, 7) is 13.7. The van der Waals surface area contributed by atoms with Gasteiger partial charge >= 0.3 is 0 Å². The number of hydrogen-bond donors (Lipinski definition) is 1. The number of benzene rings is 1. The zero-order valence-electron chi connectivity index (χ0n) is 15.5. The molecule has 134 valence electrons. The summed E-state index contributed by atoms with van der Waals surface area (Å²) in [7, 11) is -2.04. The molecule has 0 radical (unpaired) electrons. The highest BCUT2D eigenvalue weighted by Gasteiger charge is 2.51. The van der Waals surface area contributed by atoms with E-state index in [1.54, 1.807) is 0 Å². The molecular weight excluding hydrogens is 382 g/mol. The maximum absolute atomic E-state index is 11.7. The largest absolute Gasteiger partial charge is 0.407 e. The van der Waals surface area contributed by atoms with E-state index in [1.807, 2.05) is 18.2 Å². The summed E-state index contributed by atoms with van der Waals surface area (Å²) in [5.74, 6) is 0.0513. The average molecular weight is 412 g/mol. The summed E-state index contributed by atoms with van der Waals surface area (Å²) in [5.41, 5.74) is 2.67. The summed E-state index contributed by atoms with van der Waals surface area (Å²) in [6, 6.07) is 10.3. The molecule has 1 saturated heterocycles. The Hall–Kier alpha value is -0.653. The Kier molecular flexibility index (Phi) is 6.32. The highest BCUT2D eigenvalue weighted by atomic mass is 79.9. The van der Waals surface area contributed by atoms with Gasteiger partial charge in [-0.2, -0.15) is 0 Å². The lowest BCUT2D eigenvalue weighted by Crippen LogP contribution is -2.64. The number of alkyl halides is 1. The number of β-lactam (4-membered cyclic amide) rings is 1. The molecule has 0 saturated carbocycles. The second kappa shape index (κ2) is 7.71. The quantitative estimate of drug-likeness (QED) is 0.381. The summed E-state index contributed by atoms with van der Waals surface area (Å²) in [6.07, 6.45) is -0.104. The second-order valence-electron chi connectivity index (χ2n) is 7.70. The molecule has 0 unspecified atom stereocenters. The van der Waals surface area contributed by atoms with Crippen molar-refractivity contribution in [1.29, 1.82) is 0 Å². The van der Waals surface area contributed by atoms with Crippen LogP contribution in [-0.2, 0) is 9.22 Å². The molecule has 1 heterocycles. The van der Waals surface area contributed by atoms with Gasteiger partial charge in [-0.3, -0.25) is 4.79 Å². The number of amides is 1. The number of nitrogens with one attached hydrogen (secondary N) is 1. The minimum atomic E-state index is -2.04. The highest BCUT2D eigenvalue weighted by Crippen LogP contribution is 2.46. The van der Waals surface area contributed by atoms with Crippen LogP contribution in [0.25, 0.3) is 0 Å². The number of hydrogen-bond acceptors (Lipinski definition) is 2. The van der Waals surface area contributed by atoms with Crippen LogP contribution in [0.3, 0.4) is 0 Å². The van der Waals surface area contributed by atoms with E-state index in [-0.39, 0.29) is 22.9 Å². The molecule has 1 fully saturated rings. The minimum Gasteiger partial charge on any atom is -0.407 e.